The molecule has 1 aliphatic rings. The van der Waals surface area contributed by atoms with E-state index in [0.29, 0.717) is 41.6 Å². The van der Waals surface area contributed by atoms with Gasteiger partial charge in [-0.15, -0.1) is 0 Å². The number of nitrogens with one attached hydrogen (secondary N) is 2. The molecule has 0 spiro atoms. The number of fused-ring (bicyclic) bond motifs is 1. The van der Waals surface area contributed by atoms with Crippen molar-refractivity contribution in [2.75, 3.05) is 29.9 Å². The number of benzene rings is 1. The Morgan fingerprint density at radius 1 is 1.18 bits per heavy atom. The maximum Gasteiger partial charge on any atom is 0.273 e. The van der Waals surface area contributed by atoms with E-state index >= 15 is 0 Å². The molecule has 4 rings (SSSR count). The largest absolute Gasteiger partial charge is 0.356 e. The molecule has 1 saturated heterocycles. The topological polar surface area (TPSA) is 109 Å². The third kappa shape index (κ3) is 5.27. The molecule has 10 heteroatoms. The van der Waals surface area contributed by atoms with Crippen LogP contribution in [0, 0.1) is 5.92 Å². The standard InChI is InChI=1S/C24H30N6O3S/c1-4-25-22(32)17-9-11-29(12-10-17)24-28-21-20(34-24)23(33)30(14-26-21)13-19(31)27-18-7-5-16(6-8-18)15(2)3/h5-8,14-15,17H,4,9-13H2,1-3H3,(H,25,32)(H,27,31). The van der Waals surface area contributed by atoms with E-state index in [-0.39, 0.29) is 29.8 Å². The predicted octanol–water partition coefficient (Wildman–Crippen LogP) is 2.97. The molecule has 0 radical (unpaired) electrons. The second-order valence-electron chi connectivity index (χ2n) is 8.81. The zero-order valence-electron chi connectivity index (χ0n) is 19.7. The van der Waals surface area contributed by atoms with Gasteiger partial charge in [0.05, 0.1) is 0 Å². The van der Waals surface area contributed by atoms with Gasteiger partial charge >= 0.3 is 0 Å². The molecule has 3 heterocycles. The third-order valence-electron chi connectivity index (χ3n) is 6.03. The van der Waals surface area contributed by atoms with Crippen LogP contribution in [0.25, 0.3) is 10.3 Å². The van der Waals surface area contributed by atoms with Crippen molar-refractivity contribution >= 4 is 44.3 Å². The Kier molecular flexibility index (Phi) is 7.26. The number of aromatic nitrogens is 3. The lowest BCUT2D eigenvalue weighted by Gasteiger charge is -2.30. The van der Waals surface area contributed by atoms with Crippen molar-refractivity contribution in [2.45, 2.75) is 46.1 Å². The van der Waals surface area contributed by atoms with Gasteiger partial charge in [-0.1, -0.05) is 37.3 Å². The van der Waals surface area contributed by atoms with Crippen molar-refractivity contribution < 1.29 is 9.59 Å². The van der Waals surface area contributed by atoms with Gasteiger partial charge in [-0.05, 0) is 43.4 Å². The van der Waals surface area contributed by atoms with Crippen molar-refractivity contribution in [1.82, 2.24) is 19.9 Å². The number of piperidine rings is 1. The Balaban J connectivity index is 1.42. The van der Waals surface area contributed by atoms with Crippen LogP contribution in [0.4, 0.5) is 10.8 Å². The summed E-state index contributed by atoms with van der Waals surface area (Å²) < 4.78 is 1.74. The Morgan fingerprint density at radius 3 is 2.53 bits per heavy atom. The highest BCUT2D eigenvalue weighted by Gasteiger charge is 2.26. The van der Waals surface area contributed by atoms with Gasteiger partial charge in [-0.3, -0.25) is 19.0 Å². The van der Waals surface area contributed by atoms with Crippen LogP contribution in [0.2, 0.25) is 0 Å². The van der Waals surface area contributed by atoms with E-state index in [4.69, 9.17) is 0 Å². The molecular weight excluding hydrogens is 452 g/mol. The molecule has 1 aromatic carbocycles. The van der Waals surface area contributed by atoms with Crippen molar-refractivity contribution in [1.29, 1.82) is 0 Å². The first kappa shape index (κ1) is 23.9. The van der Waals surface area contributed by atoms with E-state index in [1.807, 2.05) is 31.2 Å². The normalized spacial score (nSPS) is 14.5. The predicted molar refractivity (Wildman–Crippen MR) is 134 cm³/mol. The second-order valence-corrected chi connectivity index (χ2v) is 9.79. The Bertz CT molecular complexity index is 1230. The fourth-order valence-corrected chi connectivity index (χ4v) is 5.06. The summed E-state index contributed by atoms with van der Waals surface area (Å²) >= 11 is 1.29. The SMILES string of the molecule is CCNC(=O)C1CCN(c2nc3ncn(CC(=O)Nc4ccc(C(C)C)cc4)c(=O)c3s2)CC1. The third-order valence-corrected chi connectivity index (χ3v) is 7.13. The number of nitrogens with zero attached hydrogens (tertiary/aromatic N) is 4. The highest BCUT2D eigenvalue weighted by atomic mass is 32.1. The van der Waals surface area contributed by atoms with Gasteiger partial charge in [0, 0.05) is 31.2 Å². The molecule has 2 aromatic heterocycles. The summed E-state index contributed by atoms with van der Waals surface area (Å²) in [5.41, 5.74) is 1.99. The first-order valence-corrected chi connectivity index (χ1v) is 12.5. The van der Waals surface area contributed by atoms with E-state index in [1.165, 1.54) is 27.8 Å². The van der Waals surface area contributed by atoms with Gasteiger partial charge in [0.15, 0.2) is 10.8 Å². The van der Waals surface area contributed by atoms with Crippen molar-refractivity contribution in [3.8, 4) is 0 Å². The molecule has 34 heavy (non-hydrogen) atoms. The molecule has 0 bridgehead atoms. The Morgan fingerprint density at radius 2 is 1.88 bits per heavy atom. The molecule has 180 valence electrons. The van der Waals surface area contributed by atoms with Crippen molar-refractivity contribution in [3.63, 3.8) is 0 Å². The van der Waals surface area contributed by atoms with Crippen LogP contribution in [0.3, 0.4) is 0 Å². The van der Waals surface area contributed by atoms with E-state index in [9.17, 15) is 14.4 Å². The fourth-order valence-electron chi connectivity index (χ4n) is 4.04. The number of anilines is 2. The number of hydrogen-bond donors (Lipinski definition) is 2. The summed E-state index contributed by atoms with van der Waals surface area (Å²) in [6.45, 7) is 8.06. The number of rotatable bonds is 7. The minimum atomic E-state index is -0.294. The molecule has 1 fully saturated rings. The van der Waals surface area contributed by atoms with Crippen molar-refractivity contribution in [2.24, 2.45) is 5.92 Å². The van der Waals surface area contributed by atoms with Gasteiger partial charge in [0.25, 0.3) is 5.56 Å². The van der Waals surface area contributed by atoms with Crippen LogP contribution in [0.5, 0.6) is 0 Å². The molecule has 2 N–H and O–H groups in total. The minimum Gasteiger partial charge on any atom is -0.356 e. The van der Waals surface area contributed by atoms with Gasteiger partial charge in [-0.2, -0.15) is 4.98 Å². The minimum absolute atomic E-state index is 0.0148. The summed E-state index contributed by atoms with van der Waals surface area (Å²) in [4.78, 5) is 48.5. The van der Waals surface area contributed by atoms with E-state index in [1.54, 1.807) is 0 Å². The van der Waals surface area contributed by atoms with Gasteiger partial charge in [0.2, 0.25) is 11.8 Å². The lowest BCUT2D eigenvalue weighted by atomic mass is 9.96. The molecule has 0 aliphatic carbocycles. The van der Waals surface area contributed by atoms with Crippen molar-refractivity contribution in [3.05, 3.63) is 46.5 Å². The Labute approximate surface area is 202 Å². The lowest BCUT2D eigenvalue weighted by Crippen LogP contribution is -2.40. The highest BCUT2D eigenvalue weighted by molar-refractivity contribution is 7.22. The van der Waals surface area contributed by atoms with E-state index < -0.39 is 0 Å². The number of hydrogen-bond acceptors (Lipinski definition) is 7. The summed E-state index contributed by atoms with van der Waals surface area (Å²) in [6, 6.07) is 7.69. The van der Waals surface area contributed by atoms with Gasteiger partial charge < -0.3 is 15.5 Å². The van der Waals surface area contributed by atoms with Crippen LogP contribution < -0.4 is 21.1 Å². The first-order valence-electron chi connectivity index (χ1n) is 11.6. The number of carbonyl (C=O) groups is 2. The summed E-state index contributed by atoms with van der Waals surface area (Å²) in [5.74, 6) is 0.237. The molecule has 9 nitrogen and oxygen atoms in total. The summed E-state index contributed by atoms with van der Waals surface area (Å²) in [6.07, 6.45) is 2.87. The summed E-state index contributed by atoms with van der Waals surface area (Å²) in [5, 5.41) is 6.44. The van der Waals surface area contributed by atoms with E-state index in [2.05, 4.69) is 39.3 Å². The average Bonchev–Trinajstić information content (AvgIpc) is 3.27. The van der Waals surface area contributed by atoms with Crippen LogP contribution in [-0.4, -0.2) is 46.0 Å². The molecule has 1 aliphatic heterocycles. The highest BCUT2D eigenvalue weighted by Crippen LogP contribution is 2.29. The zero-order chi connectivity index (χ0) is 24.2. The first-order chi connectivity index (χ1) is 16.4. The van der Waals surface area contributed by atoms with Crippen LogP contribution >= 0.6 is 11.3 Å². The monoisotopic (exact) mass is 482 g/mol. The molecule has 0 unspecified atom stereocenters. The quantitative estimate of drug-likeness (QED) is 0.536. The second kappa shape index (κ2) is 10.3. The Hall–Kier alpha value is -3.27. The van der Waals surface area contributed by atoms with Crippen LogP contribution in [-0.2, 0) is 16.1 Å². The van der Waals surface area contributed by atoms with E-state index in [0.717, 1.165) is 18.0 Å². The lowest BCUT2D eigenvalue weighted by molar-refractivity contribution is -0.125. The fraction of sp³-hybridized carbons (Fsp3) is 0.458. The molecular formula is C24H30N6O3S. The van der Waals surface area contributed by atoms with Gasteiger partial charge in [0.1, 0.15) is 17.6 Å². The molecule has 0 saturated carbocycles. The van der Waals surface area contributed by atoms with Crippen LogP contribution in [0.15, 0.2) is 35.4 Å². The number of thiazole rings is 1. The van der Waals surface area contributed by atoms with Gasteiger partial charge in [-0.25, -0.2) is 4.98 Å². The molecule has 3 aromatic rings. The zero-order valence-corrected chi connectivity index (χ0v) is 20.5. The number of carbonyl (C=O) groups excluding carboxylic acids is 2. The van der Waals surface area contributed by atoms with Crippen LogP contribution in [0.1, 0.15) is 45.1 Å². The molecule has 2 amide bonds. The maximum absolute atomic E-state index is 13.0. The summed E-state index contributed by atoms with van der Waals surface area (Å²) in [7, 11) is 0. The average molecular weight is 483 g/mol. The maximum atomic E-state index is 13.0. The molecule has 0 atom stereocenters. The smallest absolute Gasteiger partial charge is 0.273 e. The number of amides is 2.